The Labute approximate surface area is 210 Å². The van der Waals surface area contributed by atoms with Crippen LogP contribution < -0.4 is 4.74 Å². The normalized spacial score (nSPS) is 19.2. The third-order valence-electron chi connectivity index (χ3n) is 5.19. The first-order chi connectivity index (χ1) is 17.2. The summed E-state index contributed by atoms with van der Waals surface area (Å²) in [7, 11) is 0. The largest absolute Gasteiger partial charge is 0.490 e. The van der Waals surface area contributed by atoms with Crippen molar-refractivity contribution in [2.75, 3.05) is 19.7 Å². The molecule has 2 aromatic heterocycles. The van der Waals surface area contributed by atoms with Crippen LogP contribution in [-0.4, -0.2) is 80.8 Å². The summed E-state index contributed by atoms with van der Waals surface area (Å²) in [5, 5.41) is 17.5. The molecule has 2 N–H and O–H groups in total. The molecule has 2 fully saturated rings. The van der Waals surface area contributed by atoms with Crippen LogP contribution in [0.2, 0.25) is 0 Å². The first kappa shape index (κ1) is 30.2. The highest BCUT2D eigenvalue weighted by molar-refractivity contribution is 7.09. The fraction of sp³-hybridized carbons (Fsp3) is 0.524. The molecule has 0 amide bonds. The van der Waals surface area contributed by atoms with Crippen LogP contribution in [0.15, 0.2) is 36.0 Å². The number of carbonyl (C=O) groups is 2. The minimum atomic E-state index is -5.08. The van der Waals surface area contributed by atoms with E-state index in [2.05, 4.69) is 14.9 Å². The Balaban J connectivity index is 0.000000286. The number of pyridine rings is 1. The van der Waals surface area contributed by atoms with Gasteiger partial charge in [0.15, 0.2) is 0 Å². The number of aliphatic carboxylic acids is 2. The van der Waals surface area contributed by atoms with Crippen molar-refractivity contribution in [2.24, 2.45) is 0 Å². The topological polar surface area (TPSA) is 122 Å². The highest BCUT2D eigenvalue weighted by atomic mass is 32.1. The van der Waals surface area contributed by atoms with E-state index >= 15 is 0 Å². The van der Waals surface area contributed by atoms with Gasteiger partial charge in [0.2, 0.25) is 5.88 Å². The second kappa shape index (κ2) is 13.0. The van der Waals surface area contributed by atoms with E-state index in [1.54, 1.807) is 17.5 Å². The van der Waals surface area contributed by atoms with Crippen LogP contribution in [0.3, 0.4) is 0 Å². The lowest BCUT2D eigenvalue weighted by Gasteiger charge is -2.38. The third kappa shape index (κ3) is 10.5. The monoisotopic (exact) mass is 559 g/mol. The van der Waals surface area contributed by atoms with E-state index in [0.717, 1.165) is 38.9 Å². The predicted octanol–water partition coefficient (Wildman–Crippen LogP) is 4.01. The average Bonchev–Trinajstić information content (AvgIpc) is 3.46. The predicted molar refractivity (Wildman–Crippen MR) is 116 cm³/mol. The number of rotatable bonds is 4. The molecule has 206 valence electrons. The zero-order valence-electron chi connectivity index (χ0n) is 19.0. The number of thiazole rings is 1. The minimum absolute atomic E-state index is 0.00117. The van der Waals surface area contributed by atoms with E-state index in [1.165, 1.54) is 5.01 Å². The van der Waals surface area contributed by atoms with E-state index < -0.39 is 24.3 Å². The Morgan fingerprint density at radius 2 is 1.65 bits per heavy atom. The maximum absolute atomic E-state index is 10.6. The van der Waals surface area contributed by atoms with Gasteiger partial charge in [0.25, 0.3) is 0 Å². The van der Waals surface area contributed by atoms with Crippen molar-refractivity contribution in [3.8, 4) is 5.88 Å². The highest BCUT2D eigenvalue weighted by Crippen LogP contribution is 2.37. The van der Waals surface area contributed by atoms with E-state index in [9.17, 15) is 26.3 Å². The van der Waals surface area contributed by atoms with Gasteiger partial charge in [-0.05, 0) is 18.9 Å². The molecule has 37 heavy (non-hydrogen) atoms. The summed E-state index contributed by atoms with van der Waals surface area (Å²) in [5.41, 5.74) is -0.00117. The molecule has 4 rings (SSSR count). The zero-order chi connectivity index (χ0) is 27.7. The number of hydrogen-bond acceptors (Lipinski definition) is 8. The van der Waals surface area contributed by atoms with E-state index in [0.29, 0.717) is 12.5 Å². The average molecular weight is 559 g/mol. The summed E-state index contributed by atoms with van der Waals surface area (Å²) in [6.45, 7) is 3.76. The number of carboxylic acid groups (broad SMARTS) is 2. The molecule has 16 heteroatoms. The van der Waals surface area contributed by atoms with Crippen LogP contribution in [0.4, 0.5) is 26.3 Å². The molecule has 2 aliphatic heterocycles. The first-order valence-corrected chi connectivity index (χ1v) is 11.5. The number of alkyl halides is 6. The molecule has 0 bridgehead atoms. The fourth-order valence-corrected chi connectivity index (χ4v) is 4.11. The van der Waals surface area contributed by atoms with Crippen LogP contribution >= 0.6 is 11.3 Å². The molecule has 4 heterocycles. The zero-order valence-corrected chi connectivity index (χ0v) is 19.9. The van der Waals surface area contributed by atoms with E-state index in [-0.39, 0.29) is 11.7 Å². The van der Waals surface area contributed by atoms with Crippen molar-refractivity contribution in [2.45, 2.75) is 49.9 Å². The number of carboxylic acids is 2. The first-order valence-electron chi connectivity index (χ1n) is 10.6. The second-order valence-corrected chi connectivity index (χ2v) is 8.89. The SMILES string of the molecule is O=C(O)C(F)(F)F.O=C(O)C(F)(F)F.c1ccc(OC2COC3(CCN(Cc4nccs4)CC3)C2)nc1. The molecule has 0 radical (unpaired) electrons. The van der Waals surface area contributed by atoms with Gasteiger partial charge in [-0.15, -0.1) is 11.3 Å². The van der Waals surface area contributed by atoms with Crippen molar-refractivity contribution in [3.63, 3.8) is 0 Å². The Morgan fingerprint density at radius 1 is 1.05 bits per heavy atom. The molecule has 1 unspecified atom stereocenters. The number of likely N-dealkylation sites (tertiary alicyclic amines) is 1. The molecule has 2 aromatic rings. The van der Waals surface area contributed by atoms with Gasteiger partial charge >= 0.3 is 24.3 Å². The summed E-state index contributed by atoms with van der Waals surface area (Å²) < 4.78 is 75.6. The summed E-state index contributed by atoms with van der Waals surface area (Å²) in [6, 6.07) is 5.75. The van der Waals surface area contributed by atoms with Gasteiger partial charge in [-0.25, -0.2) is 19.6 Å². The van der Waals surface area contributed by atoms with Crippen LogP contribution in [0.5, 0.6) is 5.88 Å². The fourth-order valence-electron chi connectivity index (χ4n) is 3.46. The molecular weight excluding hydrogens is 536 g/mol. The van der Waals surface area contributed by atoms with Gasteiger partial charge in [0.1, 0.15) is 11.1 Å². The number of piperidine rings is 1. The Morgan fingerprint density at radius 3 is 2.11 bits per heavy atom. The molecule has 1 atom stereocenters. The molecule has 1 spiro atoms. The standard InChI is InChI=1S/C17H21N3O2S.2C2HF3O2/c1-2-6-18-15(3-1)22-14-11-17(21-13-14)4-8-20(9-5-17)12-16-19-7-10-23-16;2*3-2(4,5)1(6)7/h1-3,6-7,10,14H,4-5,8-9,11-13H2;2*(H,6,7). The van der Waals surface area contributed by atoms with Crippen molar-refractivity contribution in [1.29, 1.82) is 0 Å². The Hall–Kier alpha value is -2.98. The van der Waals surface area contributed by atoms with E-state index in [4.69, 9.17) is 29.3 Å². The highest BCUT2D eigenvalue weighted by Gasteiger charge is 2.44. The summed E-state index contributed by atoms with van der Waals surface area (Å²) in [5.74, 6) is -4.82. The van der Waals surface area contributed by atoms with Crippen molar-refractivity contribution in [1.82, 2.24) is 14.9 Å². The van der Waals surface area contributed by atoms with Gasteiger partial charge in [-0.3, -0.25) is 4.90 Å². The Kier molecular flexibility index (Phi) is 10.6. The molecule has 2 aliphatic rings. The number of hydrogen-bond donors (Lipinski definition) is 2. The molecule has 0 saturated carbocycles. The number of nitrogens with zero attached hydrogens (tertiary/aromatic N) is 3. The maximum Gasteiger partial charge on any atom is 0.490 e. The lowest BCUT2D eigenvalue weighted by molar-refractivity contribution is -0.193. The van der Waals surface area contributed by atoms with Gasteiger partial charge < -0.3 is 19.7 Å². The van der Waals surface area contributed by atoms with Crippen LogP contribution in [-0.2, 0) is 20.9 Å². The lowest BCUT2D eigenvalue weighted by atomic mass is 9.88. The summed E-state index contributed by atoms with van der Waals surface area (Å²) in [6.07, 6.45) is -3.30. The Bertz CT molecular complexity index is 959. The number of ether oxygens (including phenoxy) is 2. The molecule has 0 aliphatic carbocycles. The van der Waals surface area contributed by atoms with Crippen LogP contribution in [0.25, 0.3) is 0 Å². The van der Waals surface area contributed by atoms with Crippen molar-refractivity contribution >= 4 is 23.3 Å². The summed E-state index contributed by atoms with van der Waals surface area (Å²) in [4.78, 5) is 28.9. The summed E-state index contributed by atoms with van der Waals surface area (Å²) >= 11 is 1.73. The van der Waals surface area contributed by atoms with Crippen LogP contribution in [0.1, 0.15) is 24.3 Å². The van der Waals surface area contributed by atoms with Gasteiger partial charge in [-0.2, -0.15) is 26.3 Å². The van der Waals surface area contributed by atoms with Crippen LogP contribution in [0, 0.1) is 0 Å². The van der Waals surface area contributed by atoms with E-state index in [1.807, 2.05) is 29.8 Å². The van der Waals surface area contributed by atoms with Crippen molar-refractivity contribution in [3.05, 3.63) is 41.0 Å². The third-order valence-corrected chi connectivity index (χ3v) is 5.96. The molecule has 0 aromatic carbocycles. The second-order valence-electron chi connectivity index (χ2n) is 7.91. The maximum atomic E-state index is 10.6. The van der Waals surface area contributed by atoms with Crippen molar-refractivity contribution < 1.29 is 55.6 Å². The molecule has 9 nitrogen and oxygen atoms in total. The van der Waals surface area contributed by atoms with Gasteiger partial charge in [-0.1, -0.05) is 6.07 Å². The lowest BCUT2D eigenvalue weighted by Crippen LogP contribution is -2.44. The van der Waals surface area contributed by atoms with Gasteiger partial charge in [0, 0.05) is 43.4 Å². The van der Waals surface area contributed by atoms with Gasteiger partial charge in [0.05, 0.1) is 18.8 Å². The molecular formula is C21H23F6N3O6S. The smallest absolute Gasteiger partial charge is 0.475 e. The quantitative estimate of drug-likeness (QED) is 0.535. The molecule has 2 saturated heterocycles. The number of aromatic nitrogens is 2. The minimum Gasteiger partial charge on any atom is -0.475 e. The number of halogens is 6.